The summed E-state index contributed by atoms with van der Waals surface area (Å²) >= 11 is 0. The van der Waals surface area contributed by atoms with Crippen LogP contribution in [0.5, 0.6) is 5.75 Å². The van der Waals surface area contributed by atoms with Gasteiger partial charge in [-0.05, 0) is 35.2 Å². The number of hydrogen-bond acceptors (Lipinski definition) is 3. The summed E-state index contributed by atoms with van der Waals surface area (Å²) in [6, 6.07) is 16.3. The van der Waals surface area contributed by atoms with Gasteiger partial charge in [-0.15, -0.1) is 24.0 Å². The zero-order chi connectivity index (χ0) is 19.8. The molecule has 0 atom stereocenters. The summed E-state index contributed by atoms with van der Waals surface area (Å²) in [5.41, 5.74) is 3.45. The highest BCUT2D eigenvalue weighted by atomic mass is 127. The van der Waals surface area contributed by atoms with Gasteiger partial charge in [0.1, 0.15) is 5.75 Å². The monoisotopic (exact) mass is 508 g/mol. The van der Waals surface area contributed by atoms with Gasteiger partial charge in [0.25, 0.3) is 0 Å². The number of likely N-dealkylation sites (tertiary alicyclic amines) is 1. The summed E-state index contributed by atoms with van der Waals surface area (Å²) in [5.74, 6) is 1.84. The molecule has 0 spiro atoms. The fraction of sp³-hybridized carbons (Fsp3) is 0.364. The van der Waals surface area contributed by atoms with Crippen LogP contribution in [0.4, 0.5) is 0 Å². The van der Waals surface area contributed by atoms with Gasteiger partial charge < -0.3 is 20.3 Å². The van der Waals surface area contributed by atoms with Gasteiger partial charge in [0.05, 0.1) is 7.11 Å². The van der Waals surface area contributed by atoms with Crippen LogP contribution >= 0.6 is 24.0 Å². The molecule has 0 aromatic heterocycles. The highest BCUT2D eigenvalue weighted by molar-refractivity contribution is 14.0. The lowest BCUT2D eigenvalue weighted by atomic mass is 10.1. The second-order valence-electron chi connectivity index (χ2n) is 6.87. The fourth-order valence-electron chi connectivity index (χ4n) is 3.30. The summed E-state index contributed by atoms with van der Waals surface area (Å²) in [7, 11) is 3.43. The van der Waals surface area contributed by atoms with E-state index >= 15 is 0 Å². The predicted molar refractivity (Wildman–Crippen MR) is 127 cm³/mol. The average molecular weight is 508 g/mol. The van der Waals surface area contributed by atoms with Crippen LogP contribution < -0.4 is 15.4 Å². The van der Waals surface area contributed by atoms with E-state index in [4.69, 9.17) is 4.74 Å². The van der Waals surface area contributed by atoms with Gasteiger partial charge in [-0.25, -0.2) is 0 Å². The Hall–Kier alpha value is -2.29. The van der Waals surface area contributed by atoms with Gasteiger partial charge >= 0.3 is 0 Å². The Bertz CT molecular complexity index is 841. The highest BCUT2D eigenvalue weighted by Gasteiger charge is 2.19. The lowest BCUT2D eigenvalue weighted by molar-refractivity contribution is -0.128. The van der Waals surface area contributed by atoms with E-state index < -0.39 is 0 Å². The van der Waals surface area contributed by atoms with E-state index in [-0.39, 0.29) is 29.9 Å². The van der Waals surface area contributed by atoms with E-state index in [1.165, 1.54) is 0 Å². The number of methoxy groups -OCH3 is 1. The van der Waals surface area contributed by atoms with E-state index in [2.05, 4.69) is 33.8 Å². The molecule has 7 heteroatoms. The second-order valence-corrected chi connectivity index (χ2v) is 6.87. The maximum Gasteiger partial charge on any atom is 0.222 e. The van der Waals surface area contributed by atoms with Gasteiger partial charge in [0.2, 0.25) is 5.91 Å². The molecule has 1 saturated heterocycles. The number of hydrogen-bond donors (Lipinski definition) is 2. The maximum atomic E-state index is 11.8. The third kappa shape index (κ3) is 6.92. The normalized spacial score (nSPS) is 13.8. The van der Waals surface area contributed by atoms with Crippen molar-refractivity contribution in [1.29, 1.82) is 0 Å². The largest absolute Gasteiger partial charge is 0.497 e. The zero-order valence-corrected chi connectivity index (χ0v) is 19.3. The number of aliphatic imine (C=N–C) groups is 1. The van der Waals surface area contributed by atoms with E-state index in [0.717, 1.165) is 41.4 Å². The molecule has 0 bridgehead atoms. The van der Waals surface area contributed by atoms with Crippen molar-refractivity contribution in [3.8, 4) is 5.75 Å². The highest BCUT2D eigenvalue weighted by Crippen LogP contribution is 2.15. The van der Waals surface area contributed by atoms with Gasteiger partial charge in [0.15, 0.2) is 5.96 Å². The number of nitrogens with zero attached hydrogens (tertiary/aromatic N) is 2. The Morgan fingerprint density at radius 1 is 1.07 bits per heavy atom. The van der Waals surface area contributed by atoms with Crippen LogP contribution in [0.2, 0.25) is 0 Å². The molecule has 156 valence electrons. The molecule has 0 radical (unpaired) electrons. The van der Waals surface area contributed by atoms with Crippen molar-refractivity contribution < 1.29 is 9.53 Å². The van der Waals surface area contributed by atoms with Crippen molar-refractivity contribution >= 4 is 35.8 Å². The second kappa shape index (κ2) is 11.6. The molecule has 2 N–H and O–H groups in total. The number of guanidine groups is 1. The van der Waals surface area contributed by atoms with Gasteiger partial charge in [0, 0.05) is 39.6 Å². The molecule has 1 aliphatic heterocycles. The summed E-state index contributed by atoms with van der Waals surface area (Å²) < 4.78 is 5.26. The molecule has 6 nitrogen and oxygen atoms in total. The minimum atomic E-state index is 0. The number of amides is 1. The SMILES string of the molecule is CN=C(NCc1cccc(CN2CCCC2=O)c1)NCc1cccc(OC)c1.I. The van der Waals surface area contributed by atoms with Crippen LogP contribution in [0.1, 0.15) is 29.5 Å². The molecular formula is C22H29IN4O2. The molecule has 0 unspecified atom stereocenters. The molecule has 29 heavy (non-hydrogen) atoms. The lowest BCUT2D eigenvalue weighted by Gasteiger charge is -2.16. The van der Waals surface area contributed by atoms with Crippen molar-refractivity contribution in [3.63, 3.8) is 0 Å². The minimum absolute atomic E-state index is 0. The minimum Gasteiger partial charge on any atom is -0.497 e. The molecule has 0 aliphatic carbocycles. The van der Waals surface area contributed by atoms with Crippen LogP contribution in [0.3, 0.4) is 0 Å². The third-order valence-corrected chi connectivity index (χ3v) is 4.81. The molecule has 1 amide bonds. The smallest absolute Gasteiger partial charge is 0.222 e. The van der Waals surface area contributed by atoms with E-state index in [9.17, 15) is 4.79 Å². The van der Waals surface area contributed by atoms with Crippen molar-refractivity contribution in [2.75, 3.05) is 20.7 Å². The fourth-order valence-corrected chi connectivity index (χ4v) is 3.30. The number of ether oxygens (including phenoxy) is 1. The van der Waals surface area contributed by atoms with Gasteiger partial charge in [-0.2, -0.15) is 0 Å². The Balaban J connectivity index is 0.00000300. The third-order valence-electron chi connectivity index (χ3n) is 4.81. The van der Waals surface area contributed by atoms with Crippen LogP contribution in [-0.4, -0.2) is 37.5 Å². The van der Waals surface area contributed by atoms with Gasteiger partial charge in [-0.1, -0.05) is 36.4 Å². The topological polar surface area (TPSA) is 66.0 Å². The molecule has 0 saturated carbocycles. The first kappa shape index (κ1) is 23.0. The van der Waals surface area contributed by atoms with Crippen LogP contribution in [0.25, 0.3) is 0 Å². The number of halogens is 1. The zero-order valence-electron chi connectivity index (χ0n) is 17.0. The average Bonchev–Trinajstić information content (AvgIpc) is 3.13. The number of carbonyl (C=O) groups is 1. The first-order chi connectivity index (χ1) is 13.7. The summed E-state index contributed by atoms with van der Waals surface area (Å²) in [6.45, 7) is 2.88. The number of carbonyl (C=O) groups excluding carboxylic acids is 1. The maximum absolute atomic E-state index is 11.8. The quantitative estimate of drug-likeness (QED) is 0.342. The van der Waals surface area contributed by atoms with Crippen LogP contribution in [-0.2, 0) is 24.4 Å². The Kier molecular flexibility index (Phi) is 9.24. The van der Waals surface area contributed by atoms with Crippen LogP contribution in [0, 0.1) is 0 Å². The molecular weight excluding hydrogens is 479 g/mol. The molecule has 2 aromatic rings. The predicted octanol–water partition coefficient (Wildman–Crippen LogP) is 3.30. The van der Waals surface area contributed by atoms with Crippen molar-refractivity contribution in [2.45, 2.75) is 32.5 Å². The number of benzene rings is 2. The van der Waals surface area contributed by atoms with Crippen LogP contribution in [0.15, 0.2) is 53.5 Å². The number of rotatable bonds is 7. The first-order valence-corrected chi connectivity index (χ1v) is 9.61. The first-order valence-electron chi connectivity index (χ1n) is 9.61. The standard InChI is InChI=1S/C22H28N4O2.HI/c1-23-22(25-15-18-7-4-9-20(13-18)28-2)24-14-17-6-3-8-19(12-17)16-26-11-5-10-21(26)27;/h3-4,6-9,12-13H,5,10-11,14-16H2,1-2H3,(H2,23,24,25);1H. The molecule has 1 heterocycles. The molecule has 1 aliphatic rings. The van der Waals surface area contributed by atoms with E-state index in [1.54, 1.807) is 14.2 Å². The molecule has 3 rings (SSSR count). The van der Waals surface area contributed by atoms with E-state index in [0.29, 0.717) is 26.1 Å². The molecule has 1 fully saturated rings. The lowest BCUT2D eigenvalue weighted by Crippen LogP contribution is -2.36. The summed E-state index contributed by atoms with van der Waals surface area (Å²) in [4.78, 5) is 18.0. The Morgan fingerprint density at radius 3 is 2.34 bits per heavy atom. The summed E-state index contributed by atoms with van der Waals surface area (Å²) in [5, 5.41) is 6.66. The molecule has 2 aromatic carbocycles. The summed E-state index contributed by atoms with van der Waals surface area (Å²) in [6.07, 6.45) is 1.64. The van der Waals surface area contributed by atoms with E-state index in [1.807, 2.05) is 35.2 Å². The number of nitrogens with one attached hydrogen (secondary N) is 2. The van der Waals surface area contributed by atoms with Crippen molar-refractivity contribution in [1.82, 2.24) is 15.5 Å². The van der Waals surface area contributed by atoms with Crippen molar-refractivity contribution in [3.05, 3.63) is 65.2 Å². The Labute approximate surface area is 189 Å². The Morgan fingerprint density at radius 2 is 1.72 bits per heavy atom. The van der Waals surface area contributed by atoms with Gasteiger partial charge in [-0.3, -0.25) is 9.79 Å². The van der Waals surface area contributed by atoms with Crippen molar-refractivity contribution in [2.24, 2.45) is 4.99 Å².